The van der Waals surface area contributed by atoms with E-state index in [0.29, 0.717) is 42.1 Å². The number of likely N-dealkylation sites (N-methyl/N-ethyl adjacent to an activating group) is 1. The number of carbonyl (C=O) groups excluding carboxylic acids is 1. The largest absolute Gasteiger partial charge is 0.493 e. The molecule has 2 aliphatic rings. The van der Waals surface area contributed by atoms with E-state index in [2.05, 4.69) is 18.0 Å². The molecule has 0 unspecified atom stereocenters. The second kappa shape index (κ2) is 9.10. The van der Waals surface area contributed by atoms with Crippen LogP contribution in [0.25, 0.3) is 0 Å². The minimum atomic E-state index is -0.343. The number of ether oxygens (including phenoxy) is 2. The van der Waals surface area contributed by atoms with Crippen LogP contribution in [0.1, 0.15) is 35.2 Å². The van der Waals surface area contributed by atoms with Crippen LogP contribution < -0.4 is 9.47 Å². The fourth-order valence-corrected chi connectivity index (χ4v) is 4.62. The standard InChI is InChI=1S/C25H29FN2O3/c1-27-20-9-10-21(27)16-22(15-20)28(25(29)18-5-7-19(26)8-6-18)13-12-17-4-11-23(30-2)24(14-17)31-3/h4-8,11,14-15,20-21H,9-10,12-13,16H2,1-3H3/t20-,21-/m1/s1. The van der Waals surface area contributed by atoms with Gasteiger partial charge in [-0.1, -0.05) is 6.07 Å². The summed E-state index contributed by atoms with van der Waals surface area (Å²) in [6.45, 7) is 0.542. The van der Waals surface area contributed by atoms with Crippen molar-refractivity contribution in [2.24, 2.45) is 0 Å². The molecule has 0 saturated carbocycles. The highest BCUT2D eigenvalue weighted by Crippen LogP contribution is 2.35. The van der Waals surface area contributed by atoms with Crippen LogP contribution in [0.3, 0.4) is 0 Å². The molecule has 2 aromatic rings. The van der Waals surface area contributed by atoms with Crippen LogP contribution in [0, 0.1) is 5.82 Å². The molecule has 2 bridgehead atoms. The topological polar surface area (TPSA) is 42.0 Å². The Morgan fingerprint density at radius 2 is 1.84 bits per heavy atom. The Labute approximate surface area is 183 Å². The maximum Gasteiger partial charge on any atom is 0.258 e. The number of benzene rings is 2. The van der Waals surface area contributed by atoms with Gasteiger partial charge in [0.2, 0.25) is 0 Å². The molecule has 0 spiro atoms. The van der Waals surface area contributed by atoms with E-state index in [1.54, 1.807) is 26.4 Å². The number of methoxy groups -OCH3 is 2. The summed E-state index contributed by atoms with van der Waals surface area (Å²) in [6, 6.07) is 12.5. The first-order chi connectivity index (χ1) is 15.0. The zero-order valence-corrected chi connectivity index (χ0v) is 18.3. The average Bonchev–Trinajstić information content (AvgIpc) is 2.99. The molecule has 4 rings (SSSR count). The van der Waals surface area contributed by atoms with Crippen molar-refractivity contribution in [3.05, 3.63) is 71.2 Å². The van der Waals surface area contributed by atoms with Gasteiger partial charge in [-0.15, -0.1) is 0 Å². The second-order valence-electron chi connectivity index (χ2n) is 8.23. The van der Waals surface area contributed by atoms with Gasteiger partial charge in [-0.25, -0.2) is 4.39 Å². The summed E-state index contributed by atoms with van der Waals surface area (Å²) in [5.74, 6) is 0.925. The number of rotatable bonds is 7. The monoisotopic (exact) mass is 424 g/mol. The molecule has 2 aliphatic heterocycles. The molecular weight excluding hydrogens is 395 g/mol. The minimum absolute atomic E-state index is 0.0873. The maximum atomic E-state index is 13.4. The first kappa shape index (κ1) is 21.4. The zero-order valence-electron chi connectivity index (χ0n) is 18.3. The van der Waals surface area contributed by atoms with Crippen molar-refractivity contribution in [2.45, 2.75) is 37.8 Å². The highest BCUT2D eigenvalue weighted by molar-refractivity contribution is 5.95. The number of amides is 1. The third-order valence-corrected chi connectivity index (χ3v) is 6.48. The normalized spacial score (nSPS) is 20.3. The third kappa shape index (κ3) is 4.44. The van der Waals surface area contributed by atoms with Crippen molar-refractivity contribution in [3.8, 4) is 11.5 Å². The SMILES string of the molecule is COc1ccc(CCN(C(=O)c2ccc(F)cc2)C2=C[C@H]3CC[C@H](C2)N3C)cc1OC. The molecule has 31 heavy (non-hydrogen) atoms. The van der Waals surface area contributed by atoms with Crippen LogP contribution >= 0.6 is 0 Å². The van der Waals surface area contributed by atoms with Crippen LogP contribution in [0.4, 0.5) is 4.39 Å². The van der Waals surface area contributed by atoms with Crippen LogP contribution in [-0.4, -0.2) is 55.6 Å². The summed E-state index contributed by atoms with van der Waals surface area (Å²) < 4.78 is 24.1. The summed E-state index contributed by atoms with van der Waals surface area (Å²) >= 11 is 0. The molecule has 5 nitrogen and oxygen atoms in total. The van der Waals surface area contributed by atoms with Crippen molar-refractivity contribution in [1.29, 1.82) is 0 Å². The molecule has 164 valence electrons. The van der Waals surface area contributed by atoms with Crippen molar-refractivity contribution in [3.63, 3.8) is 0 Å². The number of carbonyl (C=O) groups is 1. The molecule has 1 saturated heterocycles. The van der Waals surface area contributed by atoms with Crippen LogP contribution in [0.5, 0.6) is 11.5 Å². The summed E-state index contributed by atoms with van der Waals surface area (Å²) in [4.78, 5) is 17.7. The molecule has 0 radical (unpaired) electrons. The van der Waals surface area contributed by atoms with Gasteiger partial charge in [-0.2, -0.15) is 0 Å². The Bertz CT molecular complexity index is 973. The number of hydrogen-bond acceptors (Lipinski definition) is 4. The highest BCUT2D eigenvalue weighted by atomic mass is 19.1. The first-order valence-electron chi connectivity index (χ1n) is 10.7. The predicted octanol–water partition coefficient (Wildman–Crippen LogP) is 4.28. The number of nitrogens with zero attached hydrogens (tertiary/aromatic N) is 2. The zero-order chi connectivity index (χ0) is 22.0. The minimum Gasteiger partial charge on any atom is -0.493 e. The smallest absolute Gasteiger partial charge is 0.258 e. The molecule has 6 heteroatoms. The summed E-state index contributed by atoms with van der Waals surface area (Å²) in [5.41, 5.74) is 2.63. The molecule has 0 aliphatic carbocycles. The van der Waals surface area contributed by atoms with Crippen LogP contribution in [0.15, 0.2) is 54.2 Å². The van der Waals surface area contributed by atoms with Gasteiger partial charge in [0.05, 0.1) is 14.2 Å². The van der Waals surface area contributed by atoms with E-state index >= 15 is 0 Å². The van der Waals surface area contributed by atoms with E-state index in [1.807, 2.05) is 23.1 Å². The highest BCUT2D eigenvalue weighted by Gasteiger charge is 2.36. The lowest BCUT2D eigenvalue weighted by Crippen LogP contribution is -2.41. The van der Waals surface area contributed by atoms with Crippen LogP contribution in [-0.2, 0) is 6.42 Å². The molecule has 0 aromatic heterocycles. The molecule has 2 heterocycles. The Hall–Kier alpha value is -2.86. The van der Waals surface area contributed by atoms with E-state index in [-0.39, 0.29) is 11.7 Å². The number of hydrogen-bond donors (Lipinski definition) is 0. The van der Waals surface area contributed by atoms with Gasteiger partial charge in [-0.3, -0.25) is 9.69 Å². The van der Waals surface area contributed by atoms with E-state index in [4.69, 9.17) is 9.47 Å². The second-order valence-corrected chi connectivity index (χ2v) is 8.23. The van der Waals surface area contributed by atoms with Crippen molar-refractivity contribution in [1.82, 2.24) is 9.80 Å². The predicted molar refractivity (Wildman–Crippen MR) is 118 cm³/mol. The molecule has 2 atom stereocenters. The lowest BCUT2D eigenvalue weighted by molar-refractivity contribution is 0.0787. The van der Waals surface area contributed by atoms with Gasteiger partial charge in [-0.05, 0) is 74.3 Å². The van der Waals surface area contributed by atoms with Crippen molar-refractivity contribution < 1.29 is 18.7 Å². The van der Waals surface area contributed by atoms with Crippen molar-refractivity contribution in [2.75, 3.05) is 27.8 Å². The van der Waals surface area contributed by atoms with Crippen molar-refractivity contribution >= 4 is 5.91 Å². The summed E-state index contributed by atoms with van der Waals surface area (Å²) in [6.07, 6.45) is 6.04. The lowest BCUT2D eigenvalue weighted by atomic mass is 10.0. The molecule has 0 N–H and O–H groups in total. The third-order valence-electron chi connectivity index (χ3n) is 6.48. The Balaban J connectivity index is 1.59. The Morgan fingerprint density at radius 1 is 1.10 bits per heavy atom. The van der Waals surface area contributed by atoms with Gasteiger partial charge >= 0.3 is 0 Å². The summed E-state index contributed by atoms with van der Waals surface area (Å²) in [7, 11) is 5.39. The van der Waals surface area contributed by atoms with E-state index in [1.165, 1.54) is 12.1 Å². The fraction of sp³-hybridized carbons (Fsp3) is 0.400. The van der Waals surface area contributed by atoms with Crippen LogP contribution in [0.2, 0.25) is 0 Å². The average molecular weight is 425 g/mol. The fourth-order valence-electron chi connectivity index (χ4n) is 4.62. The number of fused-ring (bicyclic) bond motifs is 2. The van der Waals surface area contributed by atoms with Gasteiger partial charge in [0.1, 0.15) is 5.82 Å². The van der Waals surface area contributed by atoms with Gasteiger partial charge in [0, 0.05) is 36.3 Å². The van der Waals surface area contributed by atoms with E-state index in [0.717, 1.165) is 30.5 Å². The Kier molecular flexibility index (Phi) is 6.28. The first-order valence-corrected chi connectivity index (χ1v) is 10.7. The lowest BCUT2D eigenvalue weighted by Gasteiger charge is -2.35. The maximum absolute atomic E-state index is 13.4. The molecule has 2 aromatic carbocycles. The number of halogens is 1. The van der Waals surface area contributed by atoms with E-state index < -0.39 is 0 Å². The molecule has 1 fully saturated rings. The summed E-state index contributed by atoms with van der Waals surface area (Å²) in [5, 5.41) is 0. The van der Waals surface area contributed by atoms with Gasteiger partial charge in [0.25, 0.3) is 5.91 Å². The quantitative estimate of drug-likeness (QED) is 0.666. The van der Waals surface area contributed by atoms with Gasteiger partial charge < -0.3 is 14.4 Å². The Morgan fingerprint density at radius 3 is 2.52 bits per heavy atom. The van der Waals surface area contributed by atoms with E-state index in [9.17, 15) is 9.18 Å². The molecule has 1 amide bonds. The van der Waals surface area contributed by atoms with Gasteiger partial charge in [0.15, 0.2) is 11.5 Å². The molecular formula is C25H29FN2O3.